The number of halogens is 2. The third-order valence-corrected chi connectivity index (χ3v) is 3.33. The standard InChI is InChI=1S/C12H15Cl2N3O2/c1-7(8-4-3-5-9(13)11(8)14)16-6-10(18)17-12(19)15-2/h3-5,7,16H,6H2,1-2H3,(H2,15,17,18,19). The second-order valence-corrected chi connectivity index (χ2v) is 4.66. The SMILES string of the molecule is CNC(=O)NC(=O)CNC(C)c1cccc(Cl)c1Cl. The highest BCUT2D eigenvalue weighted by molar-refractivity contribution is 6.42. The van der Waals surface area contributed by atoms with Gasteiger partial charge in [-0.2, -0.15) is 0 Å². The molecule has 0 radical (unpaired) electrons. The molecule has 1 rings (SSSR count). The largest absolute Gasteiger partial charge is 0.341 e. The van der Waals surface area contributed by atoms with Gasteiger partial charge < -0.3 is 10.6 Å². The van der Waals surface area contributed by atoms with Crippen LogP contribution in [0.5, 0.6) is 0 Å². The number of urea groups is 1. The molecule has 104 valence electrons. The van der Waals surface area contributed by atoms with Gasteiger partial charge in [0.05, 0.1) is 16.6 Å². The molecule has 5 nitrogen and oxygen atoms in total. The lowest BCUT2D eigenvalue weighted by Crippen LogP contribution is -2.42. The van der Waals surface area contributed by atoms with Gasteiger partial charge in [-0.1, -0.05) is 35.3 Å². The van der Waals surface area contributed by atoms with Crippen LogP contribution in [-0.4, -0.2) is 25.5 Å². The number of carbonyl (C=O) groups excluding carboxylic acids is 2. The zero-order chi connectivity index (χ0) is 14.4. The summed E-state index contributed by atoms with van der Waals surface area (Å²) in [7, 11) is 1.43. The highest BCUT2D eigenvalue weighted by atomic mass is 35.5. The fraction of sp³-hybridized carbons (Fsp3) is 0.333. The maximum Gasteiger partial charge on any atom is 0.321 e. The second kappa shape index (κ2) is 7.33. The molecular weight excluding hydrogens is 289 g/mol. The van der Waals surface area contributed by atoms with Crippen LogP contribution in [0.15, 0.2) is 18.2 Å². The molecule has 0 fully saturated rings. The number of imide groups is 1. The smallest absolute Gasteiger partial charge is 0.321 e. The predicted molar refractivity (Wildman–Crippen MR) is 75.5 cm³/mol. The van der Waals surface area contributed by atoms with Gasteiger partial charge in [0.2, 0.25) is 5.91 Å². The maximum absolute atomic E-state index is 11.4. The van der Waals surface area contributed by atoms with E-state index in [-0.39, 0.29) is 12.6 Å². The van der Waals surface area contributed by atoms with E-state index in [1.165, 1.54) is 7.05 Å². The van der Waals surface area contributed by atoms with E-state index in [1.54, 1.807) is 12.1 Å². The van der Waals surface area contributed by atoms with Crippen molar-refractivity contribution in [3.8, 4) is 0 Å². The summed E-state index contributed by atoms with van der Waals surface area (Å²) in [6.45, 7) is 1.85. The van der Waals surface area contributed by atoms with E-state index in [1.807, 2.05) is 13.0 Å². The van der Waals surface area contributed by atoms with Gasteiger partial charge in [-0.15, -0.1) is 0 Å². The quantitative estimate of drug-likeness (QED) is 0.798. The zero-order valence-electron chi connectivity index (χ0n) is 10.6. The van der Waals surface area contributed by atoms with Gasteiger partial charge in [-0.25, -0.2) is 4.79 Å². The van der Waals surface area contributed by atoms with E-state index in [0.717, 1.165) is 5.56 Å². The first-order valence-electron chi connectivity index (χ1n) is 5.64. The average Bonchev–Trinajstić information content (AvgIpc) is 2.39. The molecule has 3 amide bonds. The molecule has 3 N–H and O–H groups in total. The summed E-state index contributed by atoms with van der Waals surface area (Å²) in [6, 6.07) is 4.59. The molecule has 0 aliphatic heterocycles. The van der Waals surface area contributed by atoms with E-state index < -0.39 is 11.9 Å². The van der Waals surface area contributed by atoms with E-state index in [0.29, 0.717) is 10.0 Å². The number of benzene rings is 1. The van der Waals surface area contributed by atoms with Crippen LogP contribution >= 0.6 is 23.2 Å². The molecule has 0 bridgehead atoms. The number of nitrogens with one attached hydrogen (secondary N) is 3. The summed E-state index contributed by atoms with van der Waals surface area (Å²) in [6.07, 6.45) is 0. The van der Waals surface area contributed by atoms with E-state index in [9.17, 15) is 9.59 Å². The Bertz CT molecular complexity index is 480. The Morgan fingerprint density at radius 1 is 1.32 bits per heavy atom. The van der Waals surface area contributed by atoms with Crippen LogP contribution in [0.2, 0.25) is 10.0 Å². The maximum atomic E-state index is 11.4. The van der Waals surface area contributed by atoms with Crippen molar-refractivity contribution in [2.75, 3.05) is 13.6 Å². The summed E-state index contributed by atoms with van der Waals surface area (Å²) in [4.78, 5) is 22.3. The van der Waals surface area contributed by atoms with E-state index in [2.05, 4.69) is 16.0 Å². The highest BCUT2D eigenvalue weighted by Gasteiger charge is 2.13. The molecule has 0 aromatic heterocycles. The van der Waals surface area contributed by atoms with Crippen molar-refractivity contribution >= 4 is 35.1 Å². The lowest BCUT2D eigenvalue weighted by molar-refractivity contribution is -0.119. The van der Waals surface area contributed by atoms with Gasteiger partial charge in [0.15, 0.2) is 0 Å². The summed E-state index contributed by atoms with van der Waals surface area (Å²) >= 11 is 12.0. The molecule has 7 heteroatoms. The highest BCUT2D eigenvalue weighted by Crippen LogP contribution is 2.29. The molecule has 1 aromatic carbocycles. The van der Waals surface area contributed by atoms with Crippen molar-refractivity contribution in [1.29, 1.82) is 0 Å². The molecular formula is C12H15Cl2N3O2. The molecule has 0 saturated carbocycles. The van der Waals surface area contributed by atoms with Gasteiger partial charge in [-0.05, 0) is 18.6 Å². The minimum atomic E-state index is -0.541. The Balaban J connectivity index is 2.56. The first-order valence-corrected chi connectivity index (χ1v) is 6.40. The van der Waals surface area contributed by atoms with Gasteiger partial charge in [0.1, 0.15) is 0 Å². The molecule has 19 heavy (non-hydrogen) atoms. The summed E-state index contributed by atoms with van der Waals surface area (Å²) in [5.41, 5.74) is 0.793. The number of rotatable bonds is 4. The molecule has 1 atom stereocenters. The molecule has 0 saturated heterocycles. The zero-order valence-corrected chi connectivity index (χ0v) is 12.1. The molecule has 0 aliphatic carbocycles. The van der Waals surface area contributed by atoms with Crippen molar-refractivity contribution < 1.29 is 9.59 Å². The Morgan fingerprint density at radius 3 is 2.63 bits per heavy atom. The van der Waals surface area contributed by atoms with Crippen molar-refractivity contribution in [3.05, 3.63) is 33.8 Å². The third-order valence-electron chi connectivity index (χ3n) is 2.50. The van der Waals surface area contributed by atoms with Crippen molar-refractivity contribution in [2.24, 2.45) is 0 Å². The predicted octanol–water partition coefficient (Wildman–Crippen LogP) is 2.10. The number of carbonyl (C=O) groups is 2. The van der Waals surface area contributed by atoms with E-state index in [4.69, 9.17) is 23.2 Å². The van der Waals surface area contributed by atoms with Crippen LogP contribution in [0.1, 0.15) is 18.5 Å². The number of hydrogen-bond donors (Lipinski definition) is 3. The second-order valence-electron chi connectivity index (χ2n) is 3.87. The first-order chi connectivity index (χ1) is 8.95. The van der Waals surface area contributed by atoms with E-state index >= 15 is 0 Å². The molecule has 0 aliphatic rings. The van der Waals surface area contributed by atoms with Gasteiger partial charge >= 0.3 is 6.03 Å². The van der Waals surface area contributed by atoms with Gasteiger partial charge in [-0.3, -0.25) is 10.1 Å². The number of amides is 3. The first kappa shape index (κ1) is 15.8. The lowest BCUT2D eigenvalue weighted by Gasteiger charge is -2.15. The number of hydrogen-bond acceptors (Lipinski definition) is 3. The Labute approximate surface area is 121 Å². The van der Waals surface area contributed by atoms with Crippen molar-refractivity contribution in [3.63, 3.8) is 0 Å². The normalized spacial score (nSPS) is 11.8. The van der Waals surface area contributed by atoms with Crippen LogP contribution in [0, 0.1) is 0 Å². The summed E-state index contributed by atoms with van der Waals surface area (Å²) in [5.74, 6) is -0.427. The van der Waals surface area contributed by atoms with Crippen LogP contribution < -0.4 is 16.0 Å². The van der Waals surface area contributed by atoms with Crippen molar-refractivity contribution in [2.45, 2.75) is 13.0 Å². The Morgan fingerprint density at radius 2 is 2.00 bits per heavy atom. The van der Waals surface area contributed by atoms with Crippen LogP contribution in [-0.2, 0) is 4.79 Å². The van der Waals surface area contributed by atoms with Crippen LogP contribution in [0.25, 0.3) is 0 Å². The molecule has 1 aromatic rings. The monoisotopic (exact) mass is 303 g/mol. The summed E-state index contributed by atoms with van der Waals surface area (Å²) < 4.78 is 0. The minimum Gasteiger partial charge on any atom is -0.341 e. The Kier molecular flexibility index (Phi) is 6.08. The topological polar surface area (TPSA) is 70.2 Å². The van der Waals surface area contributed by atoms with Crippen LogP contribution in [0.4, 0.5) is 4.79 Å². The third kappa shape index (κ3) is 4.70. The minimum absolute atomic E-state index is 0.00255. The fourth-order valence-electron chi connectivity index (χ4n) is 1.44. The fourth-order valence-corrected chi connectivity index (χ4v) is 1.92. The molecule has 0 spiro atoms. The van der Waals surface area contributed by atoms with Gasteiger partial charge in [0, 0.05) is 13.1 Å². The molecule has 0 heterocycles. The summed E-state index contributed by atoms with van der Waals surface area (Å²) in [5, 5.41) is 8.32. The van der Waals surface area contributed by atoms with Crippen LogP contribution in [0.3, 0.4) is 0 Å². The van der Waals surface area contributed by atoms with Gasteiger partial charge in [0.25, 0.3) is 0 Å². The Hall–Kier alpha value is -1.30. The average molecular weight is 304 g/mol. The molecule has 1 unspecified atom stereocenters. The van der Waals surface area contributed by atoms with Crippen molar-refractivity contribution in [1.82, 2.24) is 16.0 Å². The lowest BCUT2D eigenvalue weighted by atomic mass is 10.1.